The van der Waals surface area contributed by atoms with Gasteiger partial charge in [-0.1, -0.05) is 30.7 Å². The Bertz CT molecular complexity index is 1210. The van der Waals surface area contributed by atoms with Gasteiger partial charge < -0.3 is 19.7 Å². The van der Waals surface area contributed by atoms with E-state index < -0.39 is 16.1 Å². The molecule has 11 heteroatoms. The first kappa shape index (κ1) is 31.2. The van der Waals surface area contributed by atoms with E-state index in [1.165, 1.54) is 22.4 Å². The van der Waals surface area contributed by atoms with Crippen molar-refractivity contribution < 1.29 is 27.5 Å². The van der Waals surface area contributed by atoms with Crippen molar-refractivity contribution in [1.82, 2.24) is 10.2 Å². The fourth-order valence-corrected chi connectivity index (χ4v) is 5.04. The van der Waals surface area contributed by atoms with Gasteiger partial charge in [0.1, 0.15) is 17.5 Å². The second-order valence-corrected chi connectivity index (χ2v) is 11.4. The van der Waals surface area contributed by atoms with E-state index in [-0.39, 0.29) is 48.8 Å². The number of anilines is 1. The van der Waals surface area contributed by atoms with E-state index in [1.54, 1.807) is 32.2 Å². The molecule has 0 aliphatic heterocycles. The summed E-state index contributed by atoms with van der Waals surface area (Å²) in [5.74, 6) is 0.563. The summed E-state index contributed by atoms with van der Waals surface area (Å²) >= 11 is 6.21. The van der Waals surface area contributed by atoms with Crippen molar-refractivity contribution in [2.24, 2.45) is 0 Å². The summed E-state index contributed by atoms with van der Waals surface area (Å²) in [6, 6.07) is 11.3. The van der Waals surface area contributed by atoms with Crippen LogP contribution < -0.4 is 19.1 Å². The number of hydrogen-bond acceptors (Lipinski definition) is 6. The summed E-state index contributed by atoms with van der Waals surface area (Å²) in [6.45, 7) is 5.84. The number of methoxy groups -OCH3 is 2. The largest absolute Gasteiger partial charge is 0.497 e. The van der Waals surface area contributed by atoms with Gasteiger partial charge in [0.2, 0.25) is 21.8 Å². The normalized spacial score (nSPS) is 12.8. The van der Waals surface area contributed by atoms with Crippen LogP contribution in [0.5, 0.6) is 11.5 Å². The predicted octanol–water partition coefficient (Wildman–Crippen LogP) is 4.24. The van der Waals surface area contributed by atoms with Crippen molar-refractivity contribution in [3.8, 4) is 11.5 Å². The average molecular weight is 568 g/mol. The number of halogens is 1. The molecule has 0 fully saturated rings. The molecule has 9 nitrogen and oxygen atoms in total. The Morgan fingerprint density at radius 3 is 2.37 bits per heavy atom. The van der Waals surface area contributed by atoms with E-state index >= 15 is 0 Å². The summed E-state index contributed by atoms with van der Waals surface area (Å²) in [5, 5.41) is 3.21. The van der Waals surface area contributed by atoms with Crippen LogP contribution in [-0.2, 0) is 26.2 Å². The van der Waals surface area contributed by atoms with Crippen molar-refractivity contribution in [2.45, 2.75) is 58.7 Å². The minimum absolute atomic E-state index is 0.0293. The Hall–Kier alpha value is -2.98. The molecule has 0 aliphatic rings. The third-order valence-corrected chi connectivity index (χ3v) is 7.72. The van der Waals surface area contributed by atoms with E-state index in [0.717, 1.165) is 18.2 Å². The number of rotatable bonds is 14. The van der Waals surface area contributed by atoms with E-state index in [9.17, 15) is 18.0 Å². The lowest BCUT2D eigenvalue weighted by atomic mass is 10.1. The van der Waals surface area contributed by atoms with E-state index in [1.807, 2.05) is 32.0 Å². The van der Waals surface area contributed by atoms with Crippen LogP contribution in [0.3, 0.4) is 0 Å². The third kappa shape index (κ3) is 8.80. The standard InChI is InChI=1S/C27H38ClN3O6S/c1-7-19(2)29-27(33)20(3)30(18-21-10-8-11-23(16-21)36-4)26(32)12-9-15-31(38(6,34)35)22-13-14-25(37-5)24(28)17-22/h8,10-11,13-14,16-17,19-20H,7,9,12,15,18H2,1-6H3,(H,29,33)/t19-,20-/m1/s1. The second kappa shape index (κ2) is 14.2. The Morgan fingerprint density at radius 1 is 1.08 bits per heavy atom. The molecule has 0 spiro atoms. The number of hydrogen-bond donors (Lipinski definition) is 1. The van der Waals surface area contributed by atoms with Crippen LogP contribution in [0.2, 0.25) is 5.02 Å². The average Bonchev–Trinajstić information content (AvgIpc) is 2.88. The predicted molar refractivity (Wildman–Crippen MR) is 150 cm³/mol. The van der Waals surface area contributed by atoms with Gasteiger partial charge in [-0.25, -0.2) is 8.42 Å². The maximum atomic E-state index is 13.4. The van der Waals surface area contributed by atoms with Crippen molar-refractivity contribution in [3.05, 3.63) is 53.1 Å². The number of benzene rings is 2. The van der Waals surface area contributed by atoms with Gasteiger partial charge in [-0.15, -0.1) is 0 Å². The van der Waals surface area contributed by atoms with Crippen molar-refractivity contribution in [2.75, 3.05) is 31.3 Å². The Morgan fingerprint density at radius 2 is 1.79 bits per heavy atom. The molecule has 210 valence electrons. The molecule has 2 atom stereocenters. The highest BCUT2D eigenvalue weighted by Crippen LogP contribution is 2.30. The maximum absolute atomic E-state index is 13.4. The molecule has 0 radical (unpaired) electrons. The lowest BCUT2D eigenvalue weighted by Gasteiger charge is -2.30. The fourth-order valence-electron chi connectivity index (χ4n) is 3.83. The fraction of sp³-hybridized carbons (Fsp3) is 0.481. The molecule has 0 unspecified atom stereocenters. The van der Waals surface area contributed by atoms with Crippen LogP contribution in [0.1, 0.15) is 45.6 Å². The number of nitrogens with one attached hydrogen (secondary N) is 1. The quantitative estimate of drug-likeness (QED) is 0.366. The zero-order chi connectivity index (χ0) is 28.5. The number of amides is 2. The van der Waals surface area contributed by atoms with Gasteiger partial charge in [0, 0.05) is 25.6 Å². The van der Waals surface area contributed by atoms with Gasteiger partial charge in [0.15, 0.2) is 0 Å². The topological polar surface area (TPSA) is 105 Å². The molecule has 0 aromatic heterocycles. The van der Waals surface area contributed by atoms with E-state index in [2.05, 4.69) is 5.32 Å². The first-order chi connectivity index (χ1) is 17.9. The molecule has 38 heavy (non-hydrogen) atoms. The molecule has 0 heterocycles. The number of ether oxygens (including phenoxy) is 2. The van der Waals surface area contributed by atoms with Crippen LogP contribution in [-0.4, -0.2) is 64.2 Å². The molecule has 2 amide bonds. The van der Waals surface area contributed by atoms with Crippen molar-refractivity contribution in [1.29, 1.82) is 0 Å². The number of carbonyl (C=O) groups excluding carboxylic acids is 2. The van der Waals surface area contributed by atoms with Crippen LogP contribution in [0.15, 0.2) is 42.5 Å². The van der Waals surface area contributed by atoms with Gasteiger partial charge in [0.25, 0.3) is 0 Å². The zero-order valence-corrected chi connectivity index (χ0v) is 24.4. The molecule has 0 saturated heterocycles. The molecule has 0 bridgehead atoms. The summed E-state index contributed by atoms with van der Waals surface area (Å²) in [6.07, 6.45) is 2.15. The maximum Gasteiger partial charge on any atom is 0.242 e. The van der Waals surface area contributed by atoms with Crippen LogP contribution in [0, 0.1) is 0 Å². The number of carbonyl (C=O) groups is 2. The molecule has 1 N–H and O–H groups in total. The van der Waals surface area contributed by atoms with Gasteiger partial charge in [-0.05, 0) is 62.6 Å². The van der Waals surface area contributed by atoms with E-state index in [4.69, 9.17) is 21.1 Å². The highest BCUT2D eigenvalue weighted by atomic mass is 35.5. The zero-order valence-electron chi connectivity index (χ0n) is 22.9. The summed E-state index contributed by atoms with van der Waals surface area (Å²) < 4.78 is 36.7. The minimum Gasteiger partial charge on any atom is -0.497 e. The lowest BCUT2D eigenvalue weighted by molar-refractivity contribution is -0.140. The Kier molecular flexibility index (Phi) is 11.7. The molecule has 0 aliphatic carbocycles. The van der Waals surface area contributed by atoms with Crippen LogP contribution in [0.4, 0.5) is 5.69 Å². The Labute approximate surface area is 231 Å². The summed E-state index contributed by atoms with van der Waals surface area (Å²) in [4.78, 5) is 27.8. The third-order valence-electron chi connectivity index (χ3n) is 6.23. The van der Waals surface area contributed by atoms with E-state index in [0.29, 0.717) is 17.2 Å². The van der Waals surface area contributed by atoms with Gasteiger partial charge in [-0.3, -0.25) is 13.9 Å². The highest BCUT2D eigenvalue weighted by Gasteiger charge is 2.27. The van der Waals surface area contributed by atoms with Gasteiger partial charge in [-0.2, -0.15) is 0 Å². The molecular formula is C27H38ClN3O6S. The van der Waals surface area contributed by atoms with Crippen LogP contribution >= 0.6 is 11.6 Å². The van der Waals surface area contributed by atoms with Crippen molar-refractivity contribution in [3.63, 3.8) is 0 Å². The first-order valence-electron chi connectivity index (χ1n) is 12.4. The van der Waals surface area contributed by atoms with Gasteiger partial charge in [0.05, 0.1) is 31.2 Å². The molecular weight excluding hydrogens is 530 g/mol. The molecule has 2 rings (SSSR count). The monoisotopic (exact) mass is 567 g/mol. The van der Waals surface area contributed by atoms with Gasteiger partial charge >= 0.3 is 0 Å². The second-order valence-electron chi connectivity index (χ2n) is 9.12. The number of nitrogens with zero attached hydrogens (tertiary/aromatic N) is 2. The lowest BCUT2D eigenvalue weighted by Crippen LogP contribution is -2.49. The van der Waals surface area contributed by atoms with Crippen LogP contribution in [0.25, 0.3) is 0 Å². The molecule has 2 aromatic carbocycles. The smallest absolute Gasteiger partial charge is 0.242 e. The SMILES string of the molecule is CC[C@@H](C)NC(=O)[C@@H](C)N(Cc1cccc(OC)c1)C(=O)CCCN(c1ccc(OC)c(Cl)c1)S(C)(=O)=O. The van der Waals surface area contributed by atoms with Crippen molar-refractivity contribution >= 4 is 39.1 Å². The summed E-state index contributed by atoms with van der Waals surface area (Å²) in [5.41, 5.74) is 1.19. The first-order valence-corrected chi connectivity index (χ1v) is 14.7. The summed E-state index contributed by atoms with van der Waals surface area (Å²) in [7, 11) is -0.606. The molecule has 0 saturated carbocycles. The molecule has 2 aromatic rings. The number of sulfonamides is 1. The highest BCUT2D eigenvalue weighted by molar-refractivity contribution is 7.92. The Balaban J connectivity index is 2.22. The minimum atomic E-state index is -3.64.